The standard InChI is InChI=1S/C13H16F2N2O3/c14-11(15)7-20-4-3-12-16-6-9-5-8(13(18)19)1-2-10(9)17-12/h6,8,11H,1-5,7H2,(H,18,19). The number of aryl methyl sites for hydroxylation is 1. The number of aliphatic carboxylic acids is 1. The Morgan fingerprint density at radius 1 is 1.55 bits per heavy atom. The van der Waals surface area contributed by atoms with Gasteiger partial charge in [0, 0.05) is 18.3 Å². The van der Waals surface area contributed by atoms with Crippen molar-refractivity contribution in [1.82, 2.24) is 9.97 Å². The molecule has 0 bridgehead atoms. The van der Waals surface area contributed by atoms with Crippen molar-refractivity contribution in [1.29, 1.82) is 0 Å². The highest BCUT2D eigenvalue weighted by molar-refractivity contribution is 5.70. The van der Waals surface area contributed by atoms with Crippen molar-refractivity contribution in [3.63, 3.8) is 0 Å². The fraction of sp³-hybridized carbons (Fsp3) is 0.615. The number of ether oxygens (including phenoxy) is 1. The van der Waals surface area contributed by atoms with Gasteiger partial charge in [0.15, 0.2) is 0 Å². The Kier molecular flexibility index (Phi) is 4.94. The normalized spacial score (nSPS) is 18.1. The molecule has 1 aromatic rings. The lowest BCUT2D eigenvalue weighted by molar-refractivity contribution is -0.142. The Labute approximate surface area is 115 Å². The molecule has 0 saturated heterocycles. The molecule has 20 heavy (non-hydrogen) atoms. The quantitative estimate of drug-likeness (QED) is 0.802. The van der Waals surface area contributed by atoms with Gasteiger partial charge in [-0.05, 0) is 24.8 Å². The lowest BCUT2D eigenvalue weighted by Crippen LogP contribution is -2.23. The van der Waals surface area contributed by atoms with Gasteiger partial charge >= 0.3 is 5.97 Å². The maximum absolute atomic E-state index is 11.9. The van der Waals surface area contributed by atoms with Gasteiger partial charge < -0.3 is 9.84 Å². The third-order valence-electron chi connectivity index (χ3n) is 3.26. The first kappa shape index (κ1) is 14.8. The molecular weight excluding hydrogens is 270 g/mol. The Hall–Kier alpha value is -1.63. The molecule has 0 saturated carbocycles. The summed E-state index contributed by atoms with van der Waals surface area (Å²) in [5, 5.41) is 8.99. The van der Waals surface area contributed by atoms with E-state index in [0.717, 1.165) is 11.3 Å². The smallest absolute Gasteiger partial charge is 0.306 e. The summed E-state index contributed by atoms with van der Waals surface area (Å²) in [4.78, 5) is 19.4. The van der Waals surface area contributed by atoms with E-state index in [-0.39, 0.29) is 12.5 Å². The number of hydrogen-bond acceptors (Lipinski definition) is 4. The topological polar surface area (TPSA) is 72.3 Å². The second-order valence-electron chi connectivity index (χ2n) is 4.75. The van der Waals surface area contributed by atoms with E-state index in [1.807, 2.05) is 0 Å². The van der Waals surface area contributed by atoms with Gasteiger partial charge in [-0.15, -0.1) is 0 Å². The number of carboxylic acids is 1. The summed E-state index contributed by atoms with van der Waals surface area (Å²) in [6.07, 6.45) is 1.18. The van der Waals surface area contributed by atoms with Crippen LogP contribution in [-0.2, 0) is 28.8 Å². The monoisotopic (exact) mass is 286 g/mol. The average Bonchev–Trinajstić information content (AvgIpc) is 2.42. The first-order chi connectivity index (χ1) is 9.56. The Balaban J connectivity index is 1.90. The van der Waals surface area contributed by atoms with E-state index in [1.54, 1.807) is 6.20 Å². The third kappa shape index (κ3) is 3.93. The summed E-state index contributed by atoms with van der Waals surface area (Å²) in [5.74, 6) is -0.613. The van der Waals surface area contributed by atoms with Gasteiger partial charge in [0.25, 0.3) is 6.43 Å². The molecule has 2 rings (SSSR count). The second kappa shape index (κ2) is 6.69. The van der Waals surface area contributed by atoms with Crippen LogP contribution in [0.3, 0.4) is 0 Å². The minimum atomic E-state index is -2.47. The van der Waals surface area contributed by atoms with Crippen molar-refractivity contribution < 1.29 is 23.4 Å². The van der Waals surface area contributed by atoms with Gasteiger partial charge in [0.2, 0.25) is 0 Å². The molecule has 1 aliphatic rings. The minimum Gasteiger partial charge on any atom is -0.481 e. The lowest BCUT2D eigenvalue weighted by atomic mass is 9.87. The number of carbonyl (C=O) groups is 1. The van der Waals surface area contributed by atoms with Crippen LogP contribution < -0.4 is 0 Å². The fourth-order valence-electron chi connectivity index (χ4n) is 2.22. The largest absolute Gasteiger partial charge is 0.481 e. The van der Waals surface area contributed by atoms with Gasteiger partial charge in [0.05, 0.1) is 12.5 Å². The SMILES string of the molecule is O=C(O)C1CCc2nc(CCOCC(F)F)ncc2C1. The van der Waals surface area contributed by atoms with E-state index < -0.39 is 19.0 Å². The number of alkyl halides is 2. The average molecular weight is 286 g/mol. The first-order valence-corrected chi connectivity index (χ1v) is 6.48. The number of hydrogen-bond donors (Lipinski definition) is 1. The van der Waals surface area contributed by atoms with Crippen molar-refractivity contribution in [2.75, 3.05) is 13.2 Å². The Bertz CT molecular complexity index is 483. The van der Waals surface area contributed by atoms with Crippen molar-refractivity contribution in [2.45, 2.75) is 32.1 Å². The van der Waals surface area contributed by atoms with Crippen molar-refractivity contribution >= 4 is 5.97 Å². The van der Waals surface area contributed by atoms with Gasteiger partial charge in [-0.25, -0.2) is 18.7 Å². The minimum absolute atomic E-state index is 0.154. The Morgan fingerprint density at radius 2 is 2.35 bits per heavy atom. The third-order valence-corrected chi connectivity index (χ3v) is 3.26. The summed E-state index contributed by atoms with van der Waals surface area (Å²) in [6.45, 7) is -0.424. The summed E-state index contributed by atoms with van der Waals surface area (Å²) >= 11 is 0. The highest BCUT2D eigenvalue weighted by Crippen LogP contribution is 2.23. The maximum Gasteiger partial charge on any atom is 0.306 e. The van der Waals surface area contributed by atoms with Crippen LogP contribution in [0.25, 0.3) is 0 Å². The highest BCUT2D eigenvalue weighted by atomic mass is 19.3. The van der Waals surface area contributed by atoms with Crippen LogP contribution in [0.4, 0.5) is 8.78 Å². The predicted molar refractivity (Wildman–Crippen MR) is 65.7 cm³/mol. The van der Waals surface area contributed by atoms with E-state index in [0.29, 0.717) is 31.5 Å². The first-order valence-electron chi connectivity index (χ1n) is 6.48. The summed E-state index contributed by atoms with van der Waals surface area (Å²) in [7, 11) is 0. The Morgan fingerprint density at radius 3 is 3.05 bits per heavy atom. The zero-order valence-electron chi connectivity index (χ0n) is 10.9. The molecule has 1 atom stereocenters. The zero-order valence-corrected chi connectivity index (χ0v) is 10.9. The summed E-state index contributed by atoms with van der Waals surface area (Å²) < 4.78 is 28.6. The van der Waals surface area contributed by atoms with Gasteiger partial charge in [-0.1, -0.05) is 0 Å². The molecule has 0 amide bonds. The molecule has 1 heterocycles. The van der Waals surface area contributed by atoms with E-state index >= 15 is 0 Å². The summed E-state index contributed by atoms with van der Waals surface area (Å²) in [5.41, 5.74) is 1.72. The molecule has 110 valence electrons. The van der Waals surface area contributed by atoms with Crippen LogP contribution in [0.1, 0.15) is 23.5 Å². The molecule has 0 spiro atoms. The predicted octanol–water partition coefficient (Wildman–Crippen LogP) is 1.49. The summed E-state index contributed by atoms with van der Waals surface area (Å²) in [6, 6.07) is 0. The van der Waals surface area contributed by atoms with Crippen molar-refractivity contribution in [3.8, 4) is 0 Å². The van der Waals surface area contributed by atoms with Crippen LogP contribution in [0.15, 0.2) is 6.20 Å². The molecule has 1 aromatic heterocycles. The second-order valence-corrected chi connectivity index (χ2v) is 4.75. The molecule has 1 N–H and O–H groups in total. The van der Waals surface area contributed by atoms with Crippen LogP contribution >= 0.6 is 0 Å². The number of rotatable bonds is 6. The fourth-order valence-corrected chi connectivity index (χ4v) is 2.22. The molecule has 1 unspecified atom stereocenters. The highest BCUT2D eigenvalue weighted by Gasteiger charge is 2.25. The molecule has 0 aromatic carbocycles. The van der Waals surface area contributed by atoms with E-state index in [1.165, 1.54) is 0 Å². The van der Waals surface area contributed by atoms with E-state index in [4.69, 9.17) is 9.84 Å². The van der Waals surface area contributed by atoms with Crippen molar-refractivity contribution in [2.24, 2.45) is 5.92 Å². The molecule has 0 aliphatic heterocycles. The van der Waals surface area contributed by atoms with Crippen LogP contribution in [0, 0.1) is 5.92 Å². The van der Waals surface area contributed by atoms with Crippen LogP contribution in [0.5, 0.6) is 0 Å². The van der Waals surface area contributed by atoms with E-state index in [9.17, 15) is 13.6 Å². The van der Waals surface area contributed by atoms with Crippen LogP contribution in [-0.4, -0.2) is 40.7 Å². The molecule has 0 fully saturated rings. The van der Waals surface area contributed by atoms with Crippen molar-refractivity contribution in [3.05, 3.63) is 23.3 Å². The molecule has 1 aliphatic carbocycles. The van der Waals surface area contributed by atoms with E-state index in [2.05, 4.69) is 9.97 Å². The van der Waals surface area contributed by atoms with Gasteiger partial charge in [-0.2, -0.15) is 0 Å². The number of halogens is 2. The number of fused-ring (bicyclic) bond motifs is 1. The number of carboxylic acid groups (broad SMARTS) is 1. The molecule has 0 radical (unpaired) electrons. The lowest BCUT2D eigenvalue weighted by Gasteiger charge is -2.20. The molecular formula is C13H16F2N2O3. The number of aromatic nitrogens is 2. The van der Waals surface area contributed by atoms with Gasteiger partial charge in [-0.3, -0.25) is 4.79 Å². The van der Waals surface area contributed by atoms with Crippen LogP contribution in [0.2, 0.25) is 0 Å². The molecule has 7 heteroatoms. The maximum atomic E-state index is 11.9. The molecule has 5 nitrogen and oxygen atoms in total. The van der Waals surface area contributed by atoms with Gasteiger partial charge in [0.1, 0.15) is 12.4 Å². The zero-order chi connectivity index (χ0) is 14.5. The number of nitrogens with zero attached hydrogens (tertiary/aromatic N) is 2.